The maximum Gasteiger partial charge on any atom is 0.219 e. The minimum atomic E-state index is 0.0976. The largest absolute Gasteiger partial charge is 0.369 e. The molecule has 0 spiro atoms. The van der Waals surface area contributed by atoms with Gasteiger partial charge in [0, 0.05) is 96.3 Å². The van der Waals surface area contributed by atoms with Crippen LogP contribution in [0.3, 0.4) is 0 Å². The lowest BCUT2D eigenvalue weighted by atomic mass is 10.1. The SMILES string of the molecule is CCC(=O)NCc1ccc(CN2CCN(c3ccccc3)CC2)cc1.NCc1ccc(CN2CCN(c3ccccc3)CC2)cc1. The summed E-state index contributed by atoms with van der Waals surface area (Å²) >= 11 is 0. The van der Waals surface area contributed by atoms with E-state index in [1.807, 2.05) is 6.92 Å². The summed E-state index contributed by atoms with van der Waals surface area (Å²) in [5, 5.41) is 2.92. The summed E-state index contributed by atoms with van der Waals surface area (Å²) in [5.41, 5.74) is 13.4. The Kier molecular flexibility index (Phi) is 12.6. The molecule has 46 heavy (non-hydrogen) atoms. The maximum absolute atomic E-state index is 11.3. The number of rotatable bonds is 10. The van der Waals surface area contributed by atoms with Gasteiger partial charge in [-0.3, -0.25) is 14.6 Å². The lowest BCUT2D eigenvalue weighted by Gasteiger charge is -2.36. The zero-order valence-corrected chi connectivity index (χ0v) is 27.4. The van der Waals surface area contributed by atoms with Gasteiger partial charge in [-0.05, 0) is 46.5 Å². The van der Waals surface area contributed by atoms with Crippen LogP contribution in [0.4, 0.5) is 11.4 Å². The molecule has 1 amide bonds. The van der Waals surface area contributed by atoms with Crippen LogP contribution in [0, 0.1) is 0 Å². The van der Waals surface area contributed by atoms with E-state index in [2.05, 4.69) is 134 Å². The van der Waals surface area contributed by atoms with E-state index in [0.29, 0.717) is 19.5 Å². The Balaban J connectivity index is 0.000000184. The molecule has 0 aromatic heterocycles. The average Bonchev–Trinajstić information content (AvgIpc) is 3.13. The van der Waals surface area contributed by atoms with Crippen LogP contribution in [0.15, 0.2) is 109 Å². The fourth-order valence-electron chi connectivity index (χ4n) is 5.99. The molecule has 2 heterocycles. The number of benzene rings is 4. The van der Waals surface area contributed by atoms with Crippen molar-refractivity contribution in [1.29, 1.82) is 0 Å². The van der Waals surface area contributed by atoms with E-state index < -0.39 is 0 Å². The summed E-state index contributed by atoms with van der Waals surface area (Å²) in [6, 6.07) is 38.6. The van der Waals surface area contributed by atoms with Gasteiger partial charge < -0.3 is 20.9 Å². The summed E-state index contributed by atoms with van der Waals surface area (Å²) in [6.07, 6.45) is 0.535. The normalized spacial score (nSPS) is 15.6. The van der Waals surface area contributed by atoms with E-state index in [0.717, 1.165) is 71.0 Å². The molecule has 2 fully saturated rings. The number of nitrogens with one attached hydrogen (secondary N) is 1. The van der Waals surface area contributed by atoms with Gasteiger partial charge >= 0.3 is 0 Å². The summed E-state index contributed by atoms with van der Waals surface area (Å²) in [7, 11) is 0. The van der Waals surface area contributed by atoms with Crippen molar-refractivity contribution < 1.29 is 4.79 Å². The summed E-state index contributed by atoms with van der Waals surface area (Å²) in [5.74, 6) is 0.0976. The fraction of sp³-hybridized carbons (Fsp3) is 0.359. The van der Waals surface area contributed by atoms with Crippen LogP contribution in [0.1, 0.15) is 35.6 Å². The monoisotopic (exact) mass is 618 g/mol. The number of hydrogen-bond acceptors (Lipinski definition) is 6. The lowest BCUT2D eigenvalue weighted by molar-refractivity contribution is -0.120. The Morgan fingerprint density at radius 1 is 0.565 bits per heavy atom. The quantitative estimate of drug-likeness (QED) is 0.245. The number of piperazine rings is 2. The van der Waals surface area contributed by atoms with Crippen LogP contribution in [0.25, 0.3) is 0 Å². The Hall–Kier alpha value is -4.17. The first-order valence-electron chi connectivity index (χ1n) is 16.8. The third-order valence-corrected chi connectivity index (χ3v) is 8.89. The van der Waals surface area contributed by atoms with Crippen LogP contribution >= 0.6 is 0 Å². The molecule has 4 aromatic rings. The van der Waals surface area contributed by atoms with Gasteiger partial charge in [0.25, 0.3) is 0 Å². The second-order valence-electron chi connectivity index (χ2n) is 12.2. The Bertz CT molecular complexity index is 1430. The van der Waals surface area contributed by atoms with Crippen molar-refractivity contribution in [2.24, 2.45) is 5.73 Å². The standard InChI is InChI=1S/C21H27N3O.C18H23N3/c1-2-21(25)22-16-18-8-10-19(11-9-18)17-23-12-14-24(15-13-23)20-6-4-3-5-7-20;19-14-16-6-8-17(9-7-16)15-20-10-12-21(13-11-20)18-4-2-1-3-5-18/h3-11H,2,12-17H2,1H3,(H,22,25);1-9H,10-15,19H2. The van der Waals surface area contributed by atoms with Crippen molar-refractivity contribution >= 4 is 17.3 Å². The number of carbonyl (C=O) groups excluding carboxylic acids is 1. The number of amides is 1. The van der Waals surface area contributed by atoms with Gasteiger partial charge in [-0.2, -0.15) is 0 Å². The molecule has 0 saturated carbocycles. The van der Waals surface area contributed by atoms with E-state index in [4.69, 9.17) is 5.73 Å². The first-order valence-corrected chi connectivity index (χ1v) is 16.8. The van der Waals surface area contributed by atoms with E-state index in [9.17, 15) is 4.79 Å². The van der Waals surface area contributed by atoms with E-state index in [1.165, 1.54) is 28.1 Å². The van der Waals surface area contributed by atoms with Gasteiger partial charge in [0.1, 0.15) is 0 Å². The highest BCUT2D eigenvalue weighted by Crippen LogP contribution is 2.18. The molecular weight excluding hydrogens is 568 g/mol. The van der Waals surface area contributed by atoms with Gasteiger partial charge in [0.15, 0.2) is 0 Å². The first kappa shape index (κ1) is 33.2. The molecule has 0 radical (unpaired) electrons. The Morgan fingerprint density at radius 2 is 0.957 bits per heavy atom. The van der Waals surface area contributed by atoms with Gasteiger partial charge in [0.2, 0.25) is 5.91 Å². The van der Waals surface area contributed by atoms with E-state index in [1.54, 1.807) is 0 Å². The average molecular weight is 619 g/mol. The molecule has 3 N–H and O–H groups in total. The second kappa shape index (κ2) is 17.5. The van der Waals surface area contributed by atoms with Crippen LogP contribution in [0.2, 0.25) is 0 Å². The number of hydrogen-bond donors (Lipinski definition) is 2. The second-order valence-corrected chi connectivity index (χ2v) is 12.2. The third kappa shape index (κ3) is 10.2. The number of carbonyl (C=O) groups is 1. The number of nitrogens with zero attached hydrogens (tertiary/aromatic N) is 4. The van der Waals surface area contributed by atoms with Crippen molar-refractivity contribution in [1.82, 2.24) is 15.1 Å². The first-order chi connectivity index (χ1) is 22.6. The molecule has 7 nitrogen and oxygen atoms in total. The van der Waals surface area contributed by atoms with Crippen molar-refractivity contribution in [3.63, 3.8) is 0 Å². The molecule has 0 bridgehead atoms. The Labute approximate surface area is 275 Å². The van der Waals surface area contributed by atoms with Crippen molar-refractivity contribution in [2.75, 3.05) is 62.2 Å². The molecule has 242 valence electrons. The van der Waals surface area contributed by atoms with Gasteiger partial charge in [0.05, 0.1) is 0 Å². The highest BCUT2D eigenvalue weighted by atomic mass is 16.1. The molecule has 7 heteroatoms. The highest BCUT2D eigenvalue weighted by molar-refractivity contribution is 5.75. The predicted molar refractivity (Wildman–Crippen MR) is 191 cm³/mol. The van der Waals surface area contributed by atoms with Crippen LogP contribution in [-0.4, -0.2) is 68.1 Å². The van der Waals surface area contributed by atoms with Crippen LogP contribution < -0.4 is 20.9 Å². The van der Waals surface area contributed by atoms with Crippen molar-refractivity contribution in [3.8, 4) is 0 Å². The molecule has 2 saturated heterocycles. The minimum Gasteiger partial charge on any atom is -0.369 e. The van der Waals surface area contributed by atoms with E-state index in [-0.39, 0.29) is 5.91 Å². The van der Waals surface area contributed by atoms with Crippen molar-refractivity contribution in [2.45, 2.75) is 39.5 Å². The van der Waals surface area contributed by atoms with Gasteiger partial charge in [-0.1, -0.05) is 91.9 Å². The summed E-state index contributed by atoms with van der Waals surface area (Å²) < 4.78 is 0. The molecule has 2 aliphatic heterocycles. The zero-order chi connectivity index (χ0) is 32.0. The smallest absolute Gasteiger partial charge is 0.219 e. The lowest BCUT2D eigenvalue weighted by Crippen LogP contribution is -2.45. The summed E-state index contributed by atoms with van der Waals surface area (Å²) in [4.78, 5) is 21.3. The molecule has 0 aliphatic carbocycles. The van der Waals surface area contributed by atoms with Gasteiger partial charge in [-0.15, -0.1) is 0 Å². The highest BCUT2D eigenvalue weighted by Gasteiger charge is 2.18. The summed E-state index contributed by atoms with van der Waals surface area (Å²) in [6.45, 7) is 13.9. The molecular formula is C39H50N6O. The predicted octanol–water partition coefficient (Wildman–Crippen LogP) is 5.50. The van der Waals surface area contributed by atoms with Crippen LogP contribution in [-0.2, 0) is 31.0 Å². The van der Waals surface area contributed by atoms with Crippen molar-refractivity contribution in [3.05, 3.63) is 131 Å². The maximum atomic E-state index is 11.3. The van der Waals surface area contributed by atoms with Crippen LogP contribution in [0.5, 0.6) is 0 Å². The number of para-hydroxylation sites is 2. The topological polar surface area (TPSA) is 68.1 Å². The minimum absolute atomic E-state index is 0.0976. The van der Waals surface area contributed by atoms with E-state index >= 15 is 0 Å². The Morgan fingerprint density at radius 3 is 1.35 bits per heavy atom. The number of nitrogens with two attached hydrogens (primary N) is 1. The van der Waals surface area contributed by atoms with Gasteiger partial charge in [-0.25, -0.2) is 0 Å². The molecule has 4 aromatic carbocycles. The third-order valence-electron chi connectivity index (χ3n) is 8.89. The molecule has 0 unspecified atom stereocenters. The zero-order valence-electron chi connectivity index (χ0n) is 27.4. The molecule has 2 aliphatic rings. The molecule has 0 atom stereocenters. The fourth-order valence-corrected chi connectivity index (χ4v) is 5.99. The molecule has 6 rings (SSSR count). The number of anilines is 2.